The van der Waals surface area contributed by atoms with Gasteiger partial charge in [-0.3, -0.25) is 9.78 Å². The monoisotopic (exact) mass is 279 g/mol. The van der Waals surface area contributed by atoms with Crippen LogP contribution in [-0.2, 0) is 0 Å². The van der Waals surface area contributed by atoms with Crippen molar-refractivity contribution in [1.29, 1.82) is 0 Å². The maximum absolute atomic E-state index is 11.1. The zero-order valence-corrected chi connectivity index (χ0v) is 11.1. The molecule has 104 valence electrons. The van der Waals surface area contributed by atoms with Gasteiger partial charge in [-0.25, -0.2) is 0 Å². The van der Waals surface area contributed by atoms with Crippen LogP contribution in [0.15, 0.2) is 54.7 Å². The number of pyridine rings is 1. The Kier molecular flexibility index (Phi) is 3.16. The second-order valence-corrected chi connectivity index (χ2v) is 4.58. The van der Waals surface area contributed by atoms with Crippen molar-refractivity contribution in [2.24, 2.45) is 5.73 Å². The molecule has 0 unspecified atom stereocenters. The molecule has 1 heterocycles. The molecule has 3 rings (SSSR count). The summed E-state index contributed by atoms with van der Waals surface area (Å²) in [5.41, 5.74) is 12.7. The van der Waals surface area contributed by atoms with E-state index >= 15 is 0 Å². The SMILES string of the molecule is NC(=O)c1ccc(Oc2cnc3ccccc3c2)c(N)c1. The lowest BCUT2D eigenvalue weighted by Gasteiger charge is -2.09. The van der Waals surface area contributed by atoms with E-state index < -0.39 is 5.91 Å². The number of amides is 1. The smallest absolute Gasteiger partial charge is 0.248 e. The Balaban J connectivity index is 1.93. The van der Waals surface area contributed by atoms with Gasteiger partial charge in [0.2, 0.25) is 5.91 Å². The lowest BCUT2D eigenvalue weighted by Crippen LogP contribution is -2.11. The summed E-state index contributed by atoms with van der Waals surface area (Å²) in [7, 11) is 0. The number of ether oxygens (including phenoxy) is 1. The van der Waals surface area contributed by atoms with Crippen molar-refractivity contribution in [1.82, 2.24) is 4.98 Å². The Labute approximate surface area is 121 Å². The molecule has 0 atom stereocenters. The van der Waals surface area contributed by atoms with Crippen LogP contribution in [-0.4, -0.2) is 10.9 Å². The number of fused-ring (bicyclic) bond motifs is 1. The van der Waals surface area contributed by atoms with Crippen LogP contribution < -0.4 is 16.2 Å². The average Bonchev–Trinajstić information content (AvgIpc) is 2.49. The van der Waals surface area contributed by atoms with E-state index in [1.807, 2.05) is 30.3 Å². The molecule has 5 heteroatoms. The largest absolute Gasteiger partial charge is 0.454 e. The fraction of sp³-hybridized carbons (Fsp3) is 0. The van der Waals surface area contributed by atoms with Crippen molar-refractivity contribution in [3.8, 4) is 11.5 Å². The summed E-state index contributed by atoms with van der Waals surface area (Å²) in [5.74, 6) is 0.505. The summed E-state index contributed by atoms with van der Waals surface area (Å²) < 4.78 is 5.71. The average molecular weight is 279 g/mol. The number of anilines is 1. The third-order valence-corrected chi connectivity index (χ3v) is 3.09. The Bertz CT molecular complexity index is 831. The van der Waals surface area contributed by atoms with Crippen molar-refractivity contribution >= 4 is 22.5 Å². The van der Waals surface area contributed by atoms with E-state index in [1.54, 1.807) is 18.3 Å². The molecule has 21 heavy (non-hydrogen) atoms. The van der Waals surface area contributed by atoms with E-state index in [4.69, 9.17) is 16.2 Å². The number of nitrogens with two attached hydrogens (primary N) is 2. The van der Waals surface area contributed by atoms with E-state index in [-0.39, 0.29) is 0 Å². The number of carbonyl (C=O) groups excluding carboxylic acids is 1. The number of benzene rings is 2. The number of hydrogen-bond donors (Lipinski definition) is 2. The molecule has 5 nitrogen and oxygen atoms in total. The first-order valence-corrected chi connectivity index (χ1v) is 6.35. The molecule has 0 saturated heterocycles. The molecule has 0 radical (unpaired) electrons. The van der Waals surface area contributed by atoms with Crippen LogP contribution in [0, 0.1) is 0 Å². The van der Waals surface area contributed by atoms with Crippen LogP contribution in [0.25, 0.3) is 10.9 Å². The predicted molar refractivity (Wildman–Crippen MR) is 81.2 cm³/mol. The second kappa shape index (κ2) is 5.13. The molecule has 0 fully saturated rings. The summed E-state index contributed by atoms with van der Waals surface area (Å²) in [6, 6.07) is 14.3. The van der Waals surface area contributed by atoms with Gasteiger partial charge in [-0.05, 0) is 30.3 Å². The summed E-state index contributed by atoms with van der Waals surface area (Å²) in [5, 5.41) is 0.974. The summed E-state index contributed by atoms with van der Waals surface area (Å²) in [6.45, 7) is 0. The van der Waals surface area contributed by atoms with Gasteiger partial charge in [0.25, 0.3) is 0 Å². The van der Waals surface area contributed by atoms with Crippen molar-refractivity contribution in [2.75, 3.05) is 5.73 Å². The molecule has 1 amide bonds. The van der Waals surface area contributed by atoms with Gasteiger partial charge in [0.15, 0.2) is 0 Å². The van der Waals surface area contributed by atoms with Gasteiger partial charge in [0, 0.05) is 10.9 Å². The van der Waals surface area contributed by atoms with Gasteiger partial charge in [-0.1, -0.05) is 18.2 Å². The van der Waals surface area contributed by atoms with Gasteiger partial charge >= 0.3 is 0 Å². The maximum atomic E-state index is 11.1. The van der Waals surface area contributed by atoms with Crippen molar-refractivity contribution in [3.05, 3.63) is 60.3 Å². The number of nitrogens with zero attached hydrogens (tertiary/aromatic N) is 1. The summed E-state index contributed by atoms with van der Waals surface area (Å²) >= 11 is 0. The van der Waals surface area contributed by atoms with E-state index in [0.717, 1.165) is 10.9 Å². The highest BCUT2D eigenvalue weighted by Crippen LogP contribution is 2.29. The number of para-hydroxylation sites is 1. The van der Waals surface area contributed by atoms with E-state index in [0.29, 0.717) is 22.7 Å². The zero-order chi connectivity index (χ0) is 14.8. The Morgan fingerprint density at radius 3 is 2.67 bits per heavy atom. The Morgan fingerprint density at radius 1 is 1.10 bits per heavy atom. The molecule has 1 aromatic heterocycles. The second-order valence-electron chi connectivity index (χ2n) is 4.58. The third kappa shape index (κ3) is 2.62. The lowest BCUT2D eigenvalue weighted by molar-refractivity contribution is 0.100. The molecule has 0 saturated carbocycles. The standard InChI is InChI=1S/C16H13N3O2/c17-13-8-11(16(18)20)5-6-15(13)21-12-7-10-3-1-2-4-14(10)19-9-12/h1-9H,17H2,(H2,18,20). The number of hydrogen-bond acceptors (Lipinski definition) is 4. The number of nitrogen functional groups attached to an aromatic ring is 1. The normalized spacial score (nSPS) is 10.5. The van der Waals surface area contributed by atoms with Crippen LogP contribution in [0.1, 0.15) is 10.4 Å². The fourth-order valence-electron chi connectivity index (χ4n) is 2.03. The first-order valence-electron chi connectivity index (χ1n) is 6.35. The van der Waals surface area contributed by atoms with Crippen molar-refractivity contribution in [2.45, 2.75) is 0 Å². The molecule has 3 aromatic rings. The van der Waals surface area contributed by atoms with Crippen molar-refractivity contribution in [3.63, 3.8) is 0 Å². The molecule has 2 aromatic carbocycles. The minimum Gasteiger partial charge on any atom is -0.454 e. The Hall–Kier alpha value is -3.08. The van der Waals surface area contributed by atoms with Crippen LogP contribution >= 0.6 is 0 Å². The van der Waals surface area contributed by atoms with Crippen LogP contribution in [0.5, 0.6) is 11.5 Å². The first-order chi connectivity index (χ1) is 10.1. The Morgan fingerprint density at radius 2 is 1.90 bits per heavy atom. The molecule has 0 aliphatic carbocycles. The van der Waals surface area contributed by atoms with Crippen LogP contribution in [0.2, 0.25) is 0 Å². The highest BCUT2D eigenvalue weighted by Gasteiger charge is 2.07. The van der Waals surface area contributed by atoms with E-state index in [1.165, 1.54) is 6.07 Å². The topological polar surface area (TPSA) is 91.2 Å². The maximum Gasteiger partial charge on any atom is 0.248 e. The molecule has 4 N–H and O–H groups in total. The molecular weight excluding hydrogens is 266 g/mol. The highest BCUT2D eigenvalue weighted by atomic mass is 16.5. The molecule has 0 aliphatic heterocycles. The van der Waals surface area contributed by atoms with Crippen LogP contribution in [0.4, 0.5) is 5.69 Å². The minimum atomic E-state index is -0.527. The fourth-order valence-corrected chi connectivity index (χ4v) is 2.03. The van der Waals surface area contributed by atoms with Gasteiger partial charge in [0.05, 0.1) is 17.4 Å². The molecule has 0 spiro atoms. The van der Waals surface area contributed by atoms with Gasteiger partial charge in [0.1, 0.15) is 11.5 Å². The number of primary amides is 1. The van der Waals surface area contributed by atoms with E-state index in [9.17, 15) is 4.79 Å². The zero-order valence-electron chi connectivity index (χ0n) is 11.1. The van der Waals surface area contributed by atoms with Crippen molar-refractivity contribution < 1.29 is 9.53 Å². The molecular formula is C16H13N3O2. The highest BCUT2D eigenvalue weighted by molar-refractivity contribution is 5.94. The number of rotatable bonds is 3. The van der Waals surface area contributed by atoms with Crippen LogP contribution in [0.3, 0.4) is 0 Å². The minimum absolute atomic E-state index is 0.344. The number of aromatic nitrogens is 1. The van der Waals surface area contributed by atoms with Gasteiger partial charge < -0.3 is 16.2 Å². The summed E-state index contributed by atoms with van der Waals surface area (Å²) in [4.78, 5) is 15.4. The first kappa shape index (κ1) is 12.9. The van der Waals surface area contributed by atoms with Gasteiger partial charge in [-0.2, -0.15) is 0 Å². The number of carbonyl (C=O) groups is 1. The quantitative estimate of drug-likeness (QED) is 0.721. The third-order valence-electron chi connectivity index (χ3n) is 3.09. The predicted octanol–water partition coefficient (Wildman–Crippen LogP) is 2.71. The van der Waals surface area contributed by atoms with E-state index in [2.05, 4.69) is 4.98 Å². The molecule has 0 aliphatic rings. The summed E-state index contributed by atoms with van der Waals surface area (Å²) in [6.07, 6.45) is 1.63. The van der Waals surface area contributed by atoms with Gasteiger partial charge in [-0.15, -0.1) is 0 Å². The molecule has 0 bridgehead atoms. The lowest BCUT2D eigenvalue weighted by atomic mass is 10.2.